The summed E-state index contributed by atoms with van der Waals surface area (Å²) >= 11 is 5.84. The van der Waals surface area contributed by atoms with Gasteiger partial charge in [-0.3, -0.25) is 0 Å². The minimum absolute atomic E-state index is 0.0381. The summed E-state index contributed by atoms with van der Waals surface area (Å²) in [5.41, 5.74) is 7.11. The molecule has 0 fully saturated rings. The van der Waals surface area contributed by atoms with Crippen LogP contribution in [0, 0.1) is 16.2 Å². The van der Waals surface area contributed by atoms with Crippen molar-refractivity contribution in [3.05, 3.63) is 46.0 Å². The summed E-state index contributed by atoms with van der Waals surface area (Å²) in [6, 6.07) is 9.84. The Morgan fingerprint density at radius 1 is 1.37 bits per heavy atom. The SMILES string of the molecule is N#Cc1c(N)cc(Nc2ccc(N=O)cc2)nc1Cl. The Morgan fingerprint density at radius 2 is 2.05 bits per heavy atom. The molecule has 2 aromatic rings. The molecule has 0 bridgehead atoms. The van der Waals surface area contributed by atoms with Crippen LogP contribution < -0.4 is 11.1 Å². The molecular weight excluding hydrogens is 266 g/mol. The Labute approximate surface area is 113 Å². The van der Waals surface area contributed by atoms with Gasteiger partial charge in [0.05, 0.1) is 5.69 Å². The molecule has 3 N–H and O–H groups in total. The number of anilines is 3. The van der Waals surface area contributed by atoms with Gasteiger partial charge in [0.1, 0.15) is 23.1 Å². The number of nitrogens with two attached hydrogens (primary N) is 1. The minimum atomic E-state index is 0.0381. The summed E-state index contributed by atoms with van der Waals surface area (Å²) < 4.78 is 0. The standard InChI is InChI=1S/C12H8ClN5O/c13-12-9(6-14)10(15)5-11(17-12)16-7-1-3-8(18-19)4-2-7/h1-5H,(H3,15,16,17). The van der Waals surface area contributed by atoms with Gasteiger partial charge >= 0.3 is 0 Å². The second-order valence-electron chi connectivity index (χ2n) is 3.64. The molecule has 0 aliphatic rings. The molecule has 19 heavy (non-hydrogen) atoms. The quantitative estimate of drug-likeness (QED) is 0.659. The summed E-state index contributed by atoms with van der Waals surface area (Å²) in [6.45, 7) is 0. The van der Waals surface area contributed by atoms with Crippen LogP contribution in [0.2, 0.25) is 5.15 Å². The van der Waals surface area contributed by atoms with E-state index in [0.717, 1.165) is 0 Å². The fourth-order valence-corrected chi connectivity index (χ4v) is 1.70. The lowest BCUT2D eigenvalue weighted by molar-refractivity contribution is 1.29. The molecule has 0 aliphatic heterocycles. The zero-order valence-electron chi connectivity index (χ0n) is 9.59. The first-order valence-electron chi connectivity index (χ1n) is 5.20. The van der Waals surface area contributed by atoms with Crippen LogP contribution in [0.1, 0.15) is 5.56 Å². The molecule has 6 nitrogen and oxygen atoms in total. The van der Waals surface area contributed by atoms with E-state index in [-0.39, 0.29) is 16.4 Å². The largest absolute Gasteiger partial charge is 0.397 e. The van der Waals surface area contributed by atoms with E-state index in [2.05, 4.69) is 15.5 Å². The highest BCUT2D eigenvalue weighted by molar-refractivity contribution is 6.31. The molecule has 0 unspecified atom stereocenters. The van der Waals surface area contributed by atoms with Crippen LogP contribution in [0.25, 0.3) is 0 Å². The van der Waals surface area contributed by atoms with Gasteiger partial charge in [-0.1, -0.05) is 11.6 Å². The number of nitrogens with zero attached hydrogens (tertiary/aromatic N) is 3. The maximum atomic E-state index is 10.3. The Bertz CT molecular complexity index is 640. The number of nitrogen functional groups attached to an aromatic ring is 1. The van der Waals surface area contributed by atoms with E-state index in [1.165, 1.54) is 6.07 Å². The van der Waals surface area contributed by atoms with Gasteiger partial charge < -0.3 is 11.1 Å². The third-order valence-electron chi connectivity index (χ3n) is 2.36. The van der Waals surface area contributed by atoms with Crippen molar-refractivity contribution in [3.8, 4) is 6.07 Å². The van der Waals surface area contributed by atoms with E-state index in [0.29, 0.717) is 17.2 Å². The number of benzene rings is 1. The van der Waals surface area contributed by atoms with E-state index < -0.39 is 0 Å². The van der Waals surface area contributed by atoms with Crippen molar-refractivity contribution in [3.63, 3.8) is 0 Å². The molecule has 7 heteroatoms. The van der Waals surface area contributed by atoms with Gasteiger partial charge in [0.2, 0.25) is 0 Å². The smallest absolute Gasteiger partial charge is 0.151 e. The Morgan fingerprint density at radius 3 is 2.58 bits per heavy atom. The number of hydrogen-bond donors (Lipinski definition) is 2. The topological polar surface area (TPSA) is 104 Å². The predicted molar refractivity (Wildman–Crippen MR) is 73.6 cm³/mol. The van der Waals surface area contributed by atoms with Crippen molar-refractivity contribution in [1.29, 1.82) is 5.26 Å². The van der Waals surface area contributed by atoms with E-state index in [4.69, 9.17) is 22.6 Å². The number of halogens is 1. The third-order valence-corrected chi connectivity index (χ3v) is 2.64. The van der Waals surface area contributed by atoms with Crippen molar-refractivity contribution in [1.82, 2.24) is 4.98 Å². The van der Waals surface area contributed by atoms with Crippen LogP contribution in [-0.2, 0) is 0 Å². The van der Waals surface area contributed by atoms with Gasteiger partial charge in [0.25, 0.3) is 0 Å². The van der Waals surface area contributed by atoms with Crippen LogP contribution in [0.4, 0.5) is 22.9 Å². The van der Waals surface area contributed by atoms with Crippen molar-refractivity contribution in [2.75, 3.05) is 11.1 Å². The van der Waals surface area contributed by atoms with E-state index in [9.17, 15) is 4.91 Å². The van der Waals surface area contributed by atoms with Gasteiger partial charge in [0, 0.05) is 11.8 Å². The summed E-state index contributed by atoms with van der Waals surface area (Å²) in [7, 11) is 0. The Hall–Kier alpha value is -2.65. The predicted octanol–water partition coefficient (Wildman–Crippen LogP) is 3.33. The Kier molecular flexibility index (Phi) is 3.59. The summed E-state index contributed by atoms with van der Waals surface area (Å²) in [5, 5.41) is 14.6. The molecule has 0 saturated heterocycles. The number of nitroso groups, excluding NO2 is 1. The first-order chi connectivity index (χ1) is 9.13. The van der Waals surface area contributed by atoms with Crippen LogP contribution in [0.5, 0.6) is 0 Å². The maximum Gasteiger partial charge on any atom is 0.151 e. The van der Waals surface area contributed by atoms with Gasteiger partial charge in [-0.05, 0) is 29.4 Å². The normalized spacial score (nSPS) is 9.68. The molecule has 0 amide bonds. The number of hydrogen-bond acceptors (Lipinski definition) is 6. The average molecular weight is 274 g/mol. The van der Waals surface area contributed by atoms with Crippen molar-refractivity contribution >= 4 is 34.5 Å². The highest BCUT2D eigenvalue weighted by atomic mass is 35.5. The lowest BCUT2D eigenvalue weighted by Crippen LogP contribution is -1.99. The van der Waals surface area contributed by atoms with Crippen molar-refractivity contribution in [2.24, 2.45) is 5.18 Å². The molecule has 1 aromatic heterocycles. The fraction of sp³-hybridized carbons (Fsp3) is 0. The monoisotopic (exact) mass is 273 g/mol. The lowest BCUT2D eigenvalue weighted by atomic mass is 10.2. The van der Waals surface area contributed by atoms with Crippen molar-refractivity contribution in [2.45, 2.75) is 0 Å². The molecule has 0 atom stereocenters. The third kappa shape index (κ3) is 2.78. The number of pyridine rings is 1. The molecule has 0 spiro atoms. The van der Waals surface area contributed by atoms with E-state index in [1.54, 1.807) is 24.3 Å². The molecular formula is C12H8ClN5O. The zero-order chi connectivity index (χ0) is 13.8. The zero-order valence-corrected chi connectivity index (χ0v) is 10.3. The molecule has 94 valence electrons. The fourth-order valence-electron chi connectivity index (χ4n) is 1.46. The van der Waals surface area contributed by atoms with Gasteiger partial charge in [-0.15, -0.1) is 4.91 Å². The highest BCUT2D eigenvalue weighted by Crippen LogP contribution is 2.25. The van der Waals surface area contributed by atoms with Gasteiger partial charge in [0.15, 0.2) is 5.15 Å². The summed E-state index contributed by atoms with van der Waals surface area (Å²) in [5.74, 6) is 0.410. The highest BCUT2D eigenvalue weighted by Gasteiger charge is 2.08. The van der Waals surface area contributed by atoms with Crippen molar-refractivity contribution < 1.29 is 0 Å². The molecule has 0 radical (unpaired) electrons. The second-order valence-corrected chi connectivity index (χ2v) is 4.00. The van der Waals surface area contributed by atoms with Crippen LogP contribution in [0.3, 0.4) is 0 Å². The molecule has 0 saturated carbocycles. The molecule has 1 aromatic carbocycles. The first kappa shape index (κ1) is 12.8. The molecule has 0 aliphatic carbocycles. The number of aromatic nitrogens is 1. The number of rotatable bonds is 3. The summed E-state index contributed by atoms with van der Waals surface area (Å²) in [6.07, 6.45) is 0. The minimum Gasteiger partial charge on any atom is -0.397 e. The maximum absolute atomic E-state index is 10.3. The average Bonchev–Trinajstić information content (AvgIpc) is 2.39. The van der Waals surface area contributed by atoms with Crippen LogP contribution in [-0.4, -0.2) is 4.98 Å². The van der Waals surface area contributed by atoms with E-state index >= 15 is 0 Å². The second kappa shape index (κ2) is 5.33. The first-order valence-corrected chi connectivity index (χ1v) is 5.58. The molecule has 2 rings (SSSR count). The lowest BCUT2D eigenvalue weighted by Gasteiger charge is -2.08. The van der Waals surface area contributed by atoms with Crippen LogP contribution in [0.15, 0.2) is 35.5 Å². The van der Waals surface area contributed by atoms with Gasteiger partial charge in [-0.25, -0.2) is 4.98 Å². The number of nitrogens with one attached hydrogen (secondary N) is 1. The van der Waals surface area contributed by atoms with Gasteiger partial charge in [-0.2, -0.15) is 5.26 Å². The van der Waals surface area contributed by atoms with E-state index in [1.807, 2.05) is 6.07 Å². The Balaban J connectivity index is 2.28. The molecule has 1 heterocycles. The number of nitriles is 1. The van der Waals surface area contributed by atoms with Crippen LogP contribution >= 0.6 is 11.6 Å². The summed E-state index contributed by atoms with van der Waals surface area (Å²) in [4.78, 5) is 14.3.